The van der Waals surface area contributed by atoms with Crippen molar-refractivity contribution in [3.8, 4) is 0 Å². The van der Waals surface area contributed by atoms with Crippen molar-refractivity contribution >= 4 is 11.8 Å². The lowest BCUT2D eigenvalue weighted by Gasteiger charge is -2.42. The first-order valence-corrected chi connectivity index (χ1v) is 8.50. The quantitative estimate of drug-likeness (QED) is 0.707. The van der Waals surface area contributed by atoms with E-state index in [2.05, 4.69) is 37.4 Å². The minimum absolute atomic E-state index is 0.720. The van der Waals surface area contributed by atoms with Gasteiger partial charge in [0.15, 0.2) is 0 Å². The first-order chi connectivity index (χ1) is 8.20. The van der Waals surface area contributed by atoms with Gasteiger partial charge in [0.05, 0.1) is 0 Å². The highest BCUT2D eigenvalue weighted by molar-refractivity contribution is 7.98. The lowest BCUT2D eigenvalue weighted by molar-refractivity contribution is 0.0861. The lowest BCUT2D eigenvalue weighted by atomic mass is 9.87. The Bertz CT molecular complexity index is 199. The molecule has 1 aliphatic heterocycles. The van der Waals surface area contributed by atoms with Crippen LogP contribution < -0.4 is 5.32 Å². The Morgan fingerprint density at radius 2 is 2.00 bits per heavy atom. The highest BCUT2D eigenvalue weighted by atomic mass is 32.2. The monoisotopic (exact) mass is 258 g/mol. The molecule has 0 aromatic heterocycles. The van der Waals surface area contributed by atoms with Gasteiger partial charge >= 0.3 is 0 Å². The summed E-state index contributed by atoms with van der Waals surface area (Å²) in [6.45, 7) is 7.37. The van der Waals surface area contributed by atoms with E-state index in [4.69, 9.17) is 0 Å². The molecule has 2 nitrogen and oxygen atoms in total. The molecule has 3 heteroatoms. The predicted molar refractivity (Wildman–Crippen MR) is 79.9 cm³/mol. The summed E-state index contributed by atoms with van der Waals surface area (Å²) in [4.78, 5) is 2.69. The standard InChI is InChI=1S/C14H30N2S/c1-12-13(2)16(10-8-14(12)15-3)9-6-5-7-11-17-4/h12-15H,5-11H2,1-4H3. The molecule has 0 radical (unpaired) electrons. The third-order valence-electron chi connectivity index (χ3n) is 4.36. The van der Waals surface area contributed by atoms with Crippen molar-refractivity contribution in [1.29, 1.82) is 0 Å². The Kier molecular flexibility index (Phi) is 7.56. The van der Waals surface area contributed by atoms with E-state index >= 15 is 0 Å². The number of rotatable bonds is 7. The van der Waals surface area contributed by atoms with Gasteiger partial charge in [0.25, 0.3) is 0 Å². The summed E-state index contributed by atoms with van der Waals surface area (Å²) in [5, 5.41) is 3.46. The van der Waals surface area contributed by atoms with Gasteiger partial charge in [-0.15, -0.1) is 0 Å². The number of thioether (sulfide) groups is 1. The minimum Gasteiger partial charge on any atom is -0.317 e. The average molecular weight is 258 g/mol. The first kappa shape index (κ1) is 15.3. The Morgan fingerprint density at radius 3 is 2.65 bits per heavy atom. The van der Waals surface area contributed by atoms with E-state index in [0.717, 1.165) is 18.0 Å². The molecule has 0 spiro atoms. The molecular formula is C14H30N2S. The molecule has 0 amide bonds. The fourth-order valence-electron chi connectivity index (χ4n) is 2.90. The van der Waals surface area contributed by atoms with Gasteiger partial charge in [0.2, 0.25) is 0 Å². The van der Waals surface area contributed by atoms with E-state index in [1.165, 1.54) is 44.5 Å². The molecule has 0 saturated carbocycles. The van der Waals surface area contributed by atoms with Gasteiger partial charge < -0.3 is 10.2 Å². The number of unbranched alkanes of at least 4 members (excludes halogenated alkanes) is 2. The van der Waals surface area contributed by atoms with Crippen LogP contribution in [-0.4, -0.2) is 49.1 Å². The molecule has 102 valence electrons. The molecule has 1 N–H and O–H groups in total. The van der Waals surface area contributed by atoms with Crippen molar-refractivity contribution in [1.82, 2.24) is 10.2 Å². The van der Waals surface area contributed by atoms with Crippen LogP contribution in [0.3, 0.4) is 0 Å². The fraction of sp³-hybridized carbons (Fsp3) is 1.00. The van der Waals surface area contributed by atoms with Gasteiger partial charge in [0, 0.05) is 12.1 Å². The molecule has 3 unspecified atom stereocenters. The Labute approximate surface area is 112 Å². The van der Waals surface area contributed by atoms with Crippen molar-refractivity contribution in [2.45, 2.75) is 51.6 Å². The van der Waals surface area contributed by atoms with E-state index in [0.29, 0.717) is 0 Å². The third kappa shape index (κ3) is 4.80. The Morgan fingerprint density at radius 1 is 1.24 bits per heavy atom. The van der Waals surface area contributed by atoms with Crippen molar-refractivity contribution in [2.75, 3.05) is 32.1 Å². The molecule has 0 aromatic rings. The van der Waals surface area contributed by atoms with Crippen molar-refractivity contribution < 1.29 is 0 Å². The second-order valence-corrected chi connectivity index (χ2v) is 6.36. The molecule has 0 aromatic carbocycles. The zero-order valence-corrected chi connectivity index (χ0v) is 12.9. The molecule has 1 rings (SSSR count). The Hall–Kier alpha value is 0.270. The second kappa shape index (κ2) is 8.39. The largest absolute Gasteiger partial charge is 0.317 e. The molecule has 0 aliphatic carbocycles. The maximum atomic E-state index is 3.46. The van der Waals surface area contributed by atoms with Crippen molar-refractivity contribution in [3.05, 3.63) is 0 Å². The number of nitrogens with zero attached hydrogens (tertiary/aromatic N) is 1. The van der Waals surface area contributed by atoms with Crippen LogP contribution >= 0.6 is 11.8 Å². The number of hydrogen-bond donors (Lipinski definition) is 1. The maximum Gasteiger partial charge on any atom is 0.0117 e. The highest BCUT2D eigenvalue weighted by Gasteiger charge is 2.30. The Balaban J connectivity index is 2.21. The van der Waals surface area contributed by atoms with Gasteiger partial charge in [-0.3, -0.25) is 0 Å². The third-order valence-corrected chi connectivity index (χ3v) is 5.06. The van der Waals surface area contributed by atoms with E-state index in [9.17, 15) is 0 Å². The van der Waals surface area contributed by atoms with Gasteiger partial charge in [-0.1, -0.05) is 13.3 Å². The molecule has 17 heavy (non-hydrogen) atoms. The number of likely N-dealkylation sites (tertiary alicyclic amines) is 1. The summed E-state index contributed by atoms with van der Waals surface area (Å²) in [6, 6.07) is 1.46. The SMILES string of the molecule is CNC1CCN(CCCCCSC)C(C)C1C. The van der Waals surface area contributed by atoms with Crippen LogP contribution in [0.1, 0.15) is 39.5 Å². The van der Waals surface area contributed by atoms with Gasteiger partial charge in [0.1, 0.15) is 0 Å². The van der Waals surface area contributed by atoms with Crippen LogP contribution in [0, 0.1) is 5.92 Å². The van der Waals surface area contributed by atoms with E-state index < -0.39 is 0 Å². The summed E-state index contributed by atoms with van der Waals surface area (Å²) in [5.41, 5.74) is 0. The first-order valence-electron chi connectivity index (χ1n) is 7.11. The molecule has 1 fully saturated rings. The highest BCUT2D eigenvalue weighted by Crippen LogP contribution is 2.23. The summed E-state index contributed by atoms with van der Waals surface area (Å²) < 4.78 is 0. The predicted octanol–water partition coefficient (Wildman–Crippen LogP) is 2.84. The number of nitrogens with one attached hydrogen (secondary N) is 1. The molecular weight excluding hydrogens is 228 g/mol. The molecule has 1 saturated heterocycles. The van der Waals surface area contributed by atoms with Gasteiger partial charge in [-0.05, 0) is 64.2 Å². The van der Waals surface area contributed by atoms with Crippen molar-refractivity contribution in [3.63, 3.8) is 0 Å². The zero-order valence-electron chi connectivity index (χ0n) is 12.0. The molecule has 1 aliphatic rings. The smallest absolute Gasteiger partial charge is 0.0117 e. The van der Waals surface area contributed by atoms with Crippen LogP contribution in [0.15, 0.2) is 0 Å². The second-order valence-electron chi connectivity index (χ2n) is 5.37. The van der Waals surface area contributed by atoms with E-state index in [1.807, 2.05) is 11.8 Å². The van der Waals surface area contributed by atoms with Gasteiger partial charge in [-0.25, -0.2) is 0 Å². The fourth-order valence-corrected chi connectivity index (χ4v) is 3.39. The lowest BCUT2D eigenvalue weighted by Crippen LogP contribution is -2.52. The van der Waals surface area contributed by atoms with Crippen LogP contribution in [0.5, 0.6) is 0 Å². The number of hydrogen-bond acceptors (Lipinski definition) is 3. The normalized spacial score (nSPS) is 30.7. The average Bonchev–Trinajstić information content (AvgIpc) is 2.34. The van der Waals surface area contributed by atoms with Gasteiger partial charge in [-0.2, -0.15) is 11.8 Å². The summed E-state index contributed by atoms with van der Waals surface area (Å²) >= 11 is 1.97. The van der Waals surface area contributed by atoms with Crippen LogP contribution in [0.4, 0.5) is 0 Å². The number of piperidine rings is 1. The van der Waals surface area contributed by atoms with Crippen LogP contribution in [0.25, 0.3) is 0 Å². The molecule has 3 atom stereocenters. The summed E-state index contributed by atoms with van der Waals surface area (Å²) in [6.07, 6.45) is 7.67. The van der Waals surface area contributed by atoms with E-state index in [-0.39, 0.29) is 0 Å². The molecule has 1 heterocycles. The molecule has 0 bridgehead atoms. The zero-order chi connectivity index (χ0) is 12.7. The summed E-state index contributed by atoms with van der Waals surface area (Å²) in [7, 11) is 2.10. The van der Waals surface area contributed by atoms with Crippen LogP contribution in [0.2, 0.25) is 0 Å². The van der Waals surface area contributed by atoms with E-state index in [1.54, 1.807) is 0 Å². The van der Waals surface area contributed by atoms with Crippen molar-refractivity contribution in [2.24, 2.45) is 5.92 Å². The topological polar surface area (TPSA) is 15.3 Å². The van der Waals surface area contributed by atoms with Crippen LogP contribution in [-0.2, 0) is 0 Å². The minimum atomic E-state index is 0.720. The summed E-state index contributed by atoms with van der Waals surface area (Å²) in [5.74, 6) is 2.10. The maximum absolute atomic E-state index is 3.46.